The molecule has 2 heterocycles. The highest BCUT2D eigenvalue weighted by Gasteiger charge is 2.29. The zero-order chi connectivity index (χ0) is 21.1. The van der Waals surface area contributed by atoms with E-state index in [2.05, 4.69) is 6.92 Å². The molecule has 0 aliphatic carbocycles. The summed E-state index contributed by atoms with van der Waals surface area (Å²) < 4.78 is 7.38. The van der Waals surface area contributed by atoms with Crippen molar-refractivity contribution in [1.82, 2.24) is 4.57 Å². The second-order valence-electron chi connectivity index (χ2n) is 7.17. The van der Waals surface area contributed by atoms with Gasteiger partial charge in [-0.15, -0.1) is 0 Å². The van der Waals surface area contributed by atoms with Gasteiger partial charge in [-0.05, 0) is 44.0 Å². The number of benzene rings is 1. The predicted octanol–water partition coefficient (Wildman–Crippen LogP) is 2.40. The van der Waals surface area contributed by atoms with Crippen molar-refractivity contribution in [2.75, 3.05) is 25.6 Å². The summed E-state index contributed by atoms with van der Waals surface area (Å²) in [5.74, 6) is -0.388. The number of allylic oxidation sites excluding steroid dienone is 1. The fourth-order valence-electron chi connectivity index (χ4n) is 3.41. The molecule has 0 spiro atoms. The molecule has 1 aromatic carbocycles. The first-order chi connectivity index (χ1) is 13.9. The minimum atomic E-state index is -0.388. The van der Waals surface area contributed by atoms with Crippen LogP contribution in [-0.2, 0) is 9.53 Å². The van der Waals surface area contributed by atoms with Crippen LogP contribution in [-0.4, -0.2) is 37.3 Å². The minimum Gasteiger partial charge on any atom is -0.463 e. The smallest absolute Gasteiger partial charge is 0.337 e. The van der Waals surface area contributed by atoms with Crippen LogP contribution in [0, 0.1) is 0 Å². The van der Waals surface area contributed by atoms with Crippen LogP contribution in [0.25, 0.3) is 11.8 Å². The van der Waals surface area contributed by atoms with Crippen LogP contribution >= 0.6 is 11.3 Å². The van der Waals surface area contributed by atoms with Gasteiger partial charge in [-0.3, -0.25) is 9.36 Å². The van der Waals surface area contributed by atoms with Crippen LogP contribution in [0.3, 0.4) is 0 Å². The number of nitrogens with zero attached hydrogens (tertiary/aromatic N) is 3. The SMILES string of the molecule is CCC[C@@H]1N=c2s/c(=C\c3ccc(N(C)C)cc3)c(=O)n2C(C)=C1C(=O)OCC. The molecule has 1 atom stereocenters. The molecule has 0 N–H and O–H groups in total. The van der Waals surface area contributed by atoms with Crippen molar-refractivity contribution in [2.24, 2.45) is 4.99 Å². The third-order valence-electron chi connectivity index (χ3n) is 4.90. The number of anilines is 1. The average Bonchev–Trinajstić information content (AvgIpc) is 2.98. The molecule has 6 nitrogen and oxygen atoms in total. The highest BCUT2D eigenvalue weighted by Crippen LogP contribution is 2.23. The van der Waals surface area contributed by atoms with Crippen molar-refractivity contribution < 1.29 is 9.53 Å². The number of fused-ring (bicyclic) bond motifs is 1. The molecule has 0 amide bonds. The molecule has 3 rings (SSSR count). The van der Waals surface area contributed by atoms with E-state index in [-0.39, 0.29) is 17.6 Å². The maximum atomic E-state index is 13.1. The van der Waals surface area contributed by atoms with Crippen molar-refractivity contribution in [3.8, 4) is 0 Å². The summed E-state index contributed by atoms with van der Waals surface area (Å²) in [5.41, 5.74) is 3.00. The van der Waals surface area contributed by atoms with Gasteiger partial charge in [0.1, 0.15) is 0 Å². The number of carbonyl (C=O) groups excluding carboxylic acids is 1. The summed E-state index contributed by atoms with van der Waals surface area (Å²) in [5, 5.41) is 0. The van der Waals surface area contributed by atoms with Crippen LogP contribution in [0.5, 0.6) is 0 Å². The van der Waals surface area contributed by atoms with Gasteiger partial charge in [-0.2, -0.15) is 0 Å². The Labute approximate surface area is 174 Å². The number of hydrogen-bond acceptors (Lipinski definition) is 6. The number of ether oxygens (including phenoxy) is 1. The molecule has 2 aromatic rings. The van der Waals surface area contributed by atoms with Crippen molar-refractivity contribution in [3.05, 3.63) is 55.1 Å². The Bertz CT molecular complexity index is 1110. The first-order valence-corrected chi connectivity index (χ1v) is 10.7. The van der Waals surface area contributed by atoms with Crippen LogP contribution < -0.4 is 19.8 Å². The average molecular weight is 414 g/mol. The Morgan fingerprint density at radius 1 is 1.28 bits per heavy atom. The second kappa shape index (κ2) is 8.78. The van der Waals surface area contributed by atoms with Crippen LogP contribution in [0.1, 0.15) is 39.2 Å². The number of thiazole rings is 1. The lowest BCUT2D eigenvalue weighted by molar-refractivity contribution is -0.138. The molecular formula is C22H27N3O3S. The van der Waals surface area contributed by atoms with E-state index in [4.69, 9.17) is 9.73 Å². The molecule has 29 heavy (non-hydrogen) atoms. The van der Waals surface area contributed by atoms with Crippen LogP contribution in [0.4, 0.5) is 5.69 Å². The molecular weight excluding hydrogens is 386 g/mol. The number of esters is 1. The van der Waals surface area contributed by atoms with Gasteiger partial charge in [0.25, 0.3) is 5.56 Å². The minimum absolute atomic E-state index is 0.153. The van der Waals surface area contributed by atoms with Crippen molar-refractivity contribution in [2.45, 2.75) is 39.7 Å². The first-order valence-electron chi connectivity index (χ1n) is 9.84. The van der Waals surface area contributed by atoms with Crippen molar-refractivity contribution in [3.63, 3.8) is 0 Å². The molecule has 7 heteroatoms. The van der Waals surface area contributed by atoms with Crippen LogP contribution in [0.2, 0.25) is 0 Å². The van der Waals surface area contributed by atoms with Gasteiger partial charge < -0.3 is 9.64 Å². The Kier molecular flexibility index (Phi) is 6.37. The predicted molar refractivity (Wildman–Crippen MR) is 118 cm³/mol. The maximum Gasteiger partial charge on any atom is 0.337 e. The standard InChI is InChI=1S/C22H27N3O3S/c1-6-8-17-19(21(27)28-7-2)14(3)25-20(26)18(29-22(25)23-17)13-15-9-11-16(12-10-15)24(4)5/h9-13,17H,6-8H2,1-5H3/b18-13-/t17-/m0/s1. The topological polar surface area (TPSA) is 63.9 Å². The number of rotatable bonds is 6. The van der Waals surface area contributed by atoms with E-state index < -0.39 is 0 Å². The molecule has 1 aliphatic rings. The lowest BCUT2D eigenvalue weighted by Gasteiger charge is -2.21. The van der Waals surface area contributed by atoms with Crippen molar-refractivity contribution >= 4 is 34.8 Å². The van der Waals surface area contributed by atoms with E-state index in [0.717, 1.165) is 24.1 Å². The third kappa shape index (κ3) is 4.19. The molecule has 1 aromatic heterocycles. The number of aromatic nitrogens is 1. The Morgan fingerprint density at radius 3 is 2.55 bits per heavy atom. The fraction of sp³-hybridized carbons (Fsp3) is 0.409. The molecule has 0 fully saturated rings. The summed E-state index contributed by atoms with van der Waals surface area (Å²) in [7, 11) is 3.98. The Morgan fingerprint density at radius 2 is 1.97 bits per heavy atom. The highest BCUT2D eigenvalue weighted by molar-refractivity contribution is 7.07. The quantitative estimate of drug-likeness (QED) is 0.682. The van der Waals surface area contributed by atoms with Gasteiger partial charge in [0.15, 0.2) is 4.80 Å². The molecule has 1 aliphatic heterocycles. The maximum absolute atomic E-state index is 13.1. The normalized spacial score (nSPS) is 16.4. The van der Waals surface area contributed by atoms with E-state index in [1.54, 1.807) is 18.4 Å². The van der Waals surface area contributed by atoms with Gasteiger partial charge in [0.2, 0.25) is 0 Å². The molecule has 0 saturated carbocycles. The largest absolute Gasteiger partial charge is 0.463 e. The number of hydrogen-bond donors (Lipinski definition) is 0. The highest BCUT2D eigenvalue weighted by atomic mass is 32.1. The molecule has 0 radical (unpaired) electrons. The van der Waals surface area contributed by atoms with Crippen molar-refractivity contribution in [1.29, 1.82) is 0 Å². The summed E-state index contributed by atoms with van der Waals surface area (Å²) in [6.45, 7) is 5.93. The van der Waals surface area contributed by atoms with Gasteiger partial charge in [0.05, 0.1) is 22.8 Å². The summed E-state index contributed by atoms with van der Waals surface area (Å²) in [6.07, 6.45) is 3.50. The monoisotopic (exact) mass is 413 g/mol. The molecule has 0 unspecified atom stereocenters. The van der Waals surface area contributed by atoms with E-state index in [9.17, 15) is 9.59 Å². The molecule has 154 valence electrons. The third-order valence-corrected chi connectivity index (χ3v) is 5.88. The zero-order valence-electron chi connectivity index (χ0n) is 17.6. The van der Waals surface area contributed by atoms with Gasteiger partial charge in [0, 0.05) is 25.5 Å². The first kappa shape index (κ1) is 21.0. The van der Waals surface area contributed by atoms with Gasteiger partial charge >= 0.3 is 5.97 Å². The van der Waals surface area contributed by atoms with E-state index >= 15 is 0 Å². The zero-order valence-corrected chi connectivity index (χ0v) is 18.4. The van der Waals surface area contributed by atoms with Gasteiger partial charge in [-0.25, -0.2) is 9.79 Å². The lowest BCUT2D eigenvalue weighted by atomic mass is 10.00. The molecule has 0 bridgehead atoms. The summed E-state index contributed by atoms with van der Waals surface area (Å²) >= 11 is 1.36. The summed E-state index contributed by atoms with van der Waals surface area (Å²) in [6, 6.07) is 7.74. The lowest BCUT2D eigenvalue weighted by Crippen LogP contribution is -2.37. The fourth-order valence-corrected chi connectivity index (χ4v) is 4.47. The number of carbonyl (C=O) groups is 1. The Hall–Kier alpha value is -2.67. The van der Waals surface area contributed by atoms with E-state index in [0.29, 0.717) is 27.2 Å². The second-order valence-corrected chi connectivity index (χ2v) is 8.18. The van der Waals surface area contributed by atoms with Crippen LogP contribution in [0.15, 0.2) is 39.6 Å². The molecule has 0 saturated heterocycles. The van der Waals surface area contributed by atoms with E-state index in [1.165, 1.54) is 11.3 Å². The summed E-state index contributed by atoms with van der Waals surface area (Å²) in [4.78, 5) is 33.0. The van der Waals surface area contributed by atoms with E-state index in [1.807, 2.05) is 49.3 Å². The van der Waals surface area contributed by atoms with Gasteiger partial charge in [-0.1, -0.05) is 36.8 Å². The Balaban J connectivity index is 2.13.